The summed E-state index contributed by atoms with van der Waals surface area (Å²) in [5, 5.41) is 8.70. The number of rotatable bonds is 5. The number of hydrogen-bond acceptors (Lipinski definition) is 4. The SMILES string of the molecule is COc1ccc(C#CCO)cc1NS(=O)(=O)N(C)C(C)C. The molecule has 0 radical (unpaired) electrons. The number of hydrogen-bond donors (Lipinski definition) is 2. The van der Waals surface area contributed by atoms with Crippen molar-refractivity contribution < 1.29 is 18.3 Å². The summed E-state index contributed by atoms with van der Waals surface area (Å²) in [6, 6.07) is 4.69. The monoisotopic (exact) mass is 312 g/mol. The maximum Gasteiger partial charge on any atom is 0.301 e. The number of methoxy groups -OCH3 is 1. The molecule has 21 heavy (non-hydrogen) atoms. The molecule has 0 aliphatic rings. The predicted octanol–water partition coefficient (Wildman–Crippen LogP) is 1.04. The Morgan fingerprint density at radius 2 is 2.10 bits per heavy atom. The number of aliphatic hydroxyl groups is 1. The molecule has 0 fully saturated rings. The van der Waals surface area contributed by atoms with Crippen LogP contribution in [-0.2, 0) is 10.2 Å². The van der Waals surface area contributed by atoms with Gasteiger partial charge in [0, 0.05) is 18.7 Å². The molecule has 116 valence electrons. The van der Waals surface area contributed by atoms with E-state index in [4.69, 9.17) is 9.84 Å². The number of benzene rings is 1. The molecule has 0 bridgehead atoms. The van der Waals surface area contributed by atoms with Gasteiger partial charge >= 0.3 is 10.2 Å². The second-order valence-corrected chi connectivity index (χ2v) is 6.32. The summed E-state index contributed by atoms with van der Waals surface area (Å²) >= 11 is 0. The van der Waals surface area contributed by atoms with Gasteiger partial charge in [-0.25, -0.2) is 0 Å². The lowest BCUT2D eigenvalue weighted by Gasteiger charge is -2.22. The van der Waals surface area contributed by atoms with Crippen molar-refractivity contribution in [3.63, 3.8) is 0 Å². The molecule has 0 unspecified atom stereocenters. The molecular weight excluding hydrogens is 292 g/mol. The highest BCUT2D eigenvalue weighted by Gasteiger charge is 2.21. The van der Waals surface area contributed by atoms with Crippen molar-refractivity contribution in [2.75, 3.05) is 25.5 Å². The van der Waals surface area contributed by atoms with Gasteiger partial charge in [0.05, 0.1) is 12.8 Å². The fourth-order valence-electron chi connectivity index (χ4n) is 1.50. The Labute approximate surface area is 125 Å². The molecule has 1 aromatic carbocycles. The number of ether oxygens (including phenoxy) is 1. The van der Waals surface area contributed by atoms with Gasteiger partial charge in [-0.05, 0) is 32.0 Å². The first-order valence-electron chi connectivity index (χ1n) is 6.35. The Kier molecular flexibility index (Phi) is 6.03. The predicted molar refractivity (Wildman–Crippen MR) is 82.4 cm³/mol. The maximum absolute atomic E-state index is 12.2. The zero-order valence-electron chi connectivity index (χ0n) is 12.5. The van der Waals surface area contributed by atoms with E-state index in [1.54, 1.807) is 32.0 Å². The lowest BCUT2D eigenvalue weighted by atomic mass is 10.2. The molecule has 0 spiro atoms. The molecule has 2 N–H and O–H groups in total. The smallest absolute Gasteiger partial charge is 0.301 e. The van der Waals surface area contributed by atoms with E-state index in [-0.39, 0.29) is 12.6 Å². The Morgan fingerprint density at radius 1 is 1.43 bits per heavy atom. The molecule has 1 aromatic rings. The minimum absolute atomic E-state index is 0.175. The van der Waals surface area contributed by atoms with E-state index in [0.29, 0.717) is 17.0 Å². The van der Waals surface area contributed by atoms with Crippen molar-refractivity contribution in [2.24, 2.45) is 0 Å². The largest absolute Gasteiger partial charge is 0.495 e. The fraction of sp³-hybridized carbons (Fsp3) is 0.429. The first-order chi connectivity index (χ1) is 9.81. The summed E-state index contributed by atoms with van der Waals surface area (Å²) < 4.78 is 33.3. The average molecular weight is 312 g/mol. The van der Waals surface area contributed by atoms with Gasteiger partial charge in [0.25, 0.3) is 0 Å². The third-order valence-corrected chi connectivity index (χ3v) is 4.51. The normalized spacial score (nSPS) is 11.2. The van der Waals surface area contributed by atoms with Crippen molar-refractivity contribution in [1.82, 2.24) is 4.31 Å². The lowest BCUT2D eigenvalue weighted by Crippen LogP contribution is -2.37. The second kappa shape index (κ2) is 7.31. The molecule has 0 atom stereocenters. The number of nitrogens with one attached hydrogen (secondary N) is 1. The third kappa shape index (κ3) is 4.63. The molecule has 0 heterocycles. The molecule has 0 saturated heterocycles. The average Bonchev–Trinajstić information content (AvgIpc) is 2.43. The summed E-state index contributed by atoms with van der Waals surface area (Å²) in [6.45, 7) is 3.29. The van der Waals surface area contributed by atoms with Crippen molar-refractivity contribution in [1.29, 1.82) is 0 Å². The zero-order valence-corrected chi connectivity index (χ0v) is 13.4. The number of nitrogens with zero attached hydrogens (tertiary/aromatic N) is 1. The fourth-order valence-corrected chi connectivity index (χ4v) is 2.63. The topological polar surface area (TPSA) is 78.9 Å². The van der Waals surface area contributed by atoms with Gasteiger partial charge in [-0.3, -0.25) is 4.72 Å². The van der Waals surface area contributed by atoms with Crippen molar-refractivity contribution in [2.45, 2.75) is 19.9 Å². The van der Waals surface area contributed by atoms with Crippen LogP contribution in [-0.4, -0.2) is 44.6 Å². The zero-order chi connectivity index (χ0) is 16.0. The highest BCUT2D eigenvalue weighted by Crippen LogP contribution is 2.27. The Morgan fingerprint density at radius 3 is 2.62 bits per heavy atom. The Hall–Kier alpha value is -1.75. The first kappa shape index (κ1) is 17.3. The van der Waals surface area contributed by atoms with Gasteiger partial charge in [-0.15, -0.1) is 0 Å². The van der Waals surface area contributed by atoms with E-state index in [9.17, 15) is 8.42 Å². The molecule has 0 saturated carbocycles. The Balaban J connectivity index is 3.16. The minimum Gasteiger partial charge on any atom is -0.495 e. The van der Waals surface area contributed by atoms with Crippen LogP contribution in [0.4, 0.5) is 5.69 Å². The molecule has 0 aromatic heterocycles. The highest BCUT2D eigenvalue weighted by molar-refractivity contribution is 7.90. The lowest BCUT2D eigenvalue weighted by molar-refractivity contribution is 0.350. The van der Waals surface area contributed by atoms with Crippen molar-refractivity contribution in [3.05, 3.63) is 23.8 Å². The molecule has 7 heteroatoms. The summed E-state index contributed by atoms with van der Waals surface area (Å²) in [5.74, 6) is 5.62. The summed E-state index contributed by atoms with van der Waals surface area (Å²) in [5.41, 5.74) is 0.879. The van der Waals surface area contributed by atoms with Crippen LogP contribution in [0.3, 0.4) is 0 Å². The van der Waals surface area contributed by atoms with E-state index < -0.39 is 10.2 Å². The molecular formula is C14H20N2O4S. The molecule has 1 rings (SSSR count). The van der Waals surface area contributed by atoms with E-state index in [1.807, 2.05) is 0 Å². The van der Waals surface area contributed by atoms with Crippen LogP contribution in [0.25, 0.3) is 0 Å². The molecule has 0 aliphatic heterocycles. The van der Waals surface area contributed by atoms with Crippen molar-refractivity contribution in [3.8, 4) is 17.6 Å². The van der Waals surface area contributed by atoms with E-state index >= 15 is 0 Å². The van der Waals surface area contributed by atoms with Crippen LogP contribution in [0.5, 0.6) is 5.75 Å². The quantitative estimate of drug-likeness (QED) is 0.796. The second-order valence-electron chi connectivity index (χ2n) is 4.59. The van der Waals surface area contributed by atoms with Crippen LogP contribution in [0.1, 0.15) is 19.4 Å². The van der Waals surface area contributed by atoms with E-state index in [2.05, 4.69) is 16.6 Å². The van der Waals surface area contributed by atoms with Crippen LogP contribution in [0.2, 0.25) is 0 Å². The highest BCUT2D eigenvalue weighted by atomic mass is 32.2. The van der Waals surface area contributed by atoms with Crippen molar-refractivity contribution >= 4 is 15.9 Å². The molecule has 0 amide bonds. The third-order valence-electron chi connectivity index (χ3n) is 2.86. The van der Waals surface area contributed by atoms with Gasteiger partial charge in [0.1, 0.15) is 12.4 Å². The molecule has 0 aliphatic carbocycles. The minimum atomic E-state index is -3.68. The van der Waals surface area contributed by atoms with Crippen LogP contribution >= 0.6 is 0 Å². The van der Waals surface area contributed by atoms with Gasteiger partial charge < -0.3 is 9.84 Å². The molecule has 6 nitrogen and oxygen atoms in total. The standard InChI is InChI=1S/C14H20N2O4S/c1-11(2)16(3)21(18,19)15-13-10-12(6-5-9-17)7-8-14(13)20-4/h7-8,10-11,15,17H,9H2,1-4H3. The summed E-state index contributed by atoms with van der Waals surface area (Å²) in [7, 11) is -0.725. The van der Waals surface area contributed by atoms with Gasteiger partial charge in [-0.2, -0.15) is 12.7 Å². The van der Waals surface area contributed by atoms with E-state index in [1.165, 1.54) is 18.5 Å². The van der Waals surface area contributed by atoms with Gasteiger partial charge in [0.2, 0.25) is 0 Å². The number of aliphatic hydroxyl groups excluding tert-OH is 1. The van der Waals surface area contributed by atoms with Gasteiger partial charge in [0.15, 0.2) is 0 Å². The van der Waals surface area contributed by atoms with Crippen LogP contribution < -0.4 is 9.46 Å². The summed E-state index contributed by atoms with van der Waals surface area (Å²) in [6.07, 6.45) is 0. The number of anilines is 1. The first-order valence-corrected chi connectivity index (χ1v) is 7.79. The van der Waals surface area contributed by atoms with Crippen LogP contribution in [0.15, 0.2) is 18.2 Å². The van der Waals surface area contributed by atoms with E-state index in [0.717, 1.165) is 0 Å². The van der Waals surface area contributed by atoms with Gasteiger partial charge in [-0.1, -0.05) is 11.8 Å². The Bertz CT molecular complexity index is 645. The summed E-state index contributed by atoms with van der Waals surface area (Å²) in [4.78, 5) is 0. The van der Waals surface area contributed by atoms with Crippen LogP contribution in [0, 0.1) is 11.8 Å². The maximum atomic E-state index is 12.2.